The molecule has 2 aromatic carbocycles. The van der Waals surface area contributed by atoms with Crippen molar-refractivity contribution >= 4 is 23.2 Å². The van der Waals surface area contributed by atoms with Gasteiger partial charge in [-0.05, 0) is 61.4 Å². The minimum Gasteiger partial charge on any atom is -0.321 e. The number of nitrogens with one attached hydrogen (secondary N) is 2. The Morgan fingerprint density at radius 2 is 1.50 bits per heavy atom. The van der Waals surface area contributed by atoms with E-state index in [0.29, 0.717) is 11.8 Å². The number of pyridine rings is 1. The van der Waals surface area contributed by atoms with Crippen LogP contribution in [0, 0.1) is 25.5 Å². The summed E-state index contributed by atoms with van der Waals surface area (Å²) in [4.78, 5) is 28.8. The summed E-state index contributed by atoms with van der Waals surface area (Å²) in [5, 5.41) is 5.03. The molecular weight excluding hydrogens is 364 g/mol. The molecule has 0 spiro atoms. The predicted molar refractivity (Wildman–Crippen MR) is 102 cm³/mol. The van der Waals surface area contributed by atoms with Gasteiger partial charge in [0.05, 0.1) is 5.69 Å². The van der Waals surface area contributed by atoms with E-state index < -0.39 is 23.4 Å². The van der Waals surface area contributed by atoms with Crippen molar-refractivity contribution < 1.29 is 18.4 Å². The van der Waals surface area contributed by atoms with Crippen LogP contribution >= 0.6 is 0 Å². The van der Waals surface area contributed by atoms with Crippen molar-refractivity contribution in [3.63, 3.8) is 0 Å². The highest BCUT2D eigenvalue weighted by molar-refractivity contribution is 6.06. The zero-order valence-electron chi connectivity index (χ0n) is 15.2. The van der Waals surface area contributed by atoms with Crippen LogP contribution in [0.15, 0.2) is 54.6 Å². The Morgan fingerprint density at radius 3 is 2.14 bits per heavy atom. The highest BCUT2D eigenvalue weighted by atomic mass is 19.1. The number of amides is 2. The second kappa shape index (κ2) is 7.96. The second-order valence-electron chi connectivity index (χ2n) is 6.24. The van der Waals surface area contributed by atoms with E-state index >= 15 is 0 Å². The summed E-state index contributed by atoms with van der Waals surface area (Å²) in [5.74, 6) is -2.85. The molecule has 3 aromatic rings. The molecule has 1 heterocycles. The van der Waals surface area contributed by atoms with Crippen molar-refractivity contribution in [2.45, 2.75) is 13.8 Å². The van der Waals surface area contributed by atoms with Gasteiger partial charge in [-0.1, -0.05) is 12.1 Å². The lowest BCUT2D eigenvalue weighted by atomic mass is 10.1. The normalized spacial score (nSPS) is 10.4. The molecule has 0 radical (unpaired) electrons. The topological polar surface area (TPSA) is 71.1 Å². The monoisotopic (exact) mass is 381 g/mol. The van der Waals surface area contributed by atoms with E-state index in [1.165, 1.54) is 18.2 Å². The molecule has 0 saturated carbocycles. The highest BCUT2D eigenvalue weighted by Gasteiger charge is 2.15. The molecule has 0 aliphatic rings. The molecule has 0 aliphatic carbocycles. The maximum absolute atomic E-state index is 13.7. The van der Waals surface area contributed by atoms with E-state index in [1.54, 1.807) is 6.07 Å². The molecule has 1 aromatic heterocycles. The Balaban J connectivity index is 1.76. The molecule has 0 bridgehead atoms. The van der Waals surface area contributed by atoms with Gasteiger partial charge in [0.25, 0.3) is 11.8 Å². The number of nitrogens with zero attached hydrogens (tertiary/aromatic N) is 1. The van der Waals surface area contributed by atoms with Crippen LogP contribution in [0.5, 0.6) is 0 Å². The fraction of sp³-hybridized carbons (Fsp3) is 0.0952. The quantitative estimate of drug-likeness (QED) is 0.700. The van der Waals surface area contributed by atoms with Crippen LogP contribution in [0.3, 0.4) is 0 Å². The molecular formula is C21H17F2N3O2. The summed E-state index contributed by atoms with van der Waals surface area (Å²) in [7, 11) is 0. The van der Waals surface area contributed by atoms with Crippen molar-refractivity contribution in [1.29, 1.82) is 0 Å². The molecule has 0 saturated heterocycles. The predicted octanol–water partition coefficient (Wildman–Crippen LogP) is 4.48. The summed E-state index contributed by atoms with van der Waals surface area (Å²) in [6, 6.07) is 12.6. The number of carbonyl (C=O) groups is 2. The average molecular weight is 381 g/mol. The molecule has 2 amide bonds. The zero-order valence-corrected chi connectivity index (χ0v) is 15.2. The Bertz CT molecular complexity index is 1070. The van der Waals surface area contributed by atoms with Crippen LogP contribution in [0.2, 0.25) is 0 Å². The Hall–Kier alpha value is -3.61. The minimum absolute atomic E-state index is 0.0328. The molecule has 7 heteroatoms. The van der Waals surface area contributed by atoms with Gasteiger partial charge < -0.3 is 10.6 Å². The van der Waals surface area contributed by atoms with Crippen LogP contribution in [-0.2, 0) is 0 Å². The first-order valence-corrected chi connectivity index (χ1v) is 8.45. The lowest BCUT2D eigenvalue weighted by molar-refractivity contribution is 0.101. The number of hydrogen-bond acceptors (Lipinski definition) is 3. The number of aromatic nitrogens is 1. The molecule has 0 unspecified atom stereocenters. The van der Waals surface area contributed by atoms with Crippen molar-refractivity contribution in [1.82, 2.24) is 4.98 Å². The van der Waals surface area contributed by atoms with Gasteiger partial charge in [0, 0.05) is 11.8 Å². The summed E-state index contributed by atoms with van der Waals surface area (Å²) < 4.78 is 26.7. The molecule has 142 valence electrons. The third kappa shape index (κ3) is 4.37. The van der Waals surface area contributed by atoms with Crippen LogP contribution in [-0.4, -0.2) is 16.8 Å². The number of rotatable bonds is 4. The van der Waals surface area contributed by atoms with Crippen molar-refractivity contribution in [3.05, 3.63) is 88.7 Å². The summed E-state index contributed by atoms with van der Waals surface area (Å²) in [6.45, 7) is 3.90. The smallest absolute Gasteiger partial charge is 0.274 e. The van der Waals surface area contributed by atoms with Gasteiger partial charge in [-0.3, -0.25) is 9.59 Å². The Kier molecular flexibility index (Phi) is 5.44. The number of hydrogen-bond donors (Lipinski definition) is 2. The van der Waals surface area contributed by atoms with E-state index in [4.69, 9.17) is 0 Å². The SMILES string of the molecule is Cc1ccc(NC(=O)c2cccc(C(=O)Nc3ccc(F)cc3F)n2)cc1C. The molecule has 0 fully saturated rings. The van der Waals surface area contributed by atoms with Gasteiger partial charge in [0.2, 0.25) is 0 Å². The largest absolute Gasteiger partial charge is 0.321 e. The van der Waals surface area contributed by atoms with Gasteiger partial charge in [0.1, 0.15) is 23.0 Å². The lowest BCUT2D eigenvalue weighted by Crippen LogP contribution is -2.19. The number of anilines is 2. The summed E-state index contributed by atoms with van der Waals surface area (Å²) in [6.07, 6.45) is 0. The van der Waals surface area contributed by atoms with Gasteiger partial charge in [0.15, 0.2) is 0 Å². The third-order valence-electron chi connectivity index (χ3n) is 4.16. The van der Waals surface area contributed by atoms with Gasteiger partial charge >= 0.3 is 0 Å². The Morgan fingerprint density at radius 1 is 0.821 bits per heavy atom. The van der Waals surface area contributed by atoms with Crippen LogP contribution in [0.4, 0.5) is 20.2 Å². The third-order valence-corrected chi connectivity index (χ3v) is 4.16. The minimum atomic E-state index is -0.906. The maximum Gasteiger partial charge on any atom is 0.274 e. The standard InChI is InChI=1S/C21H17F2N3O2/c1-12-6-8-15(10-13(12)2)24-20(27)18-4-3-5-19(25-18)21(28)26-17-9-7-14(22)11-16(17)23/h3-11H,1-2H3,(H,24,27)(H,26,28). The fourth-order valence-corrected chi connectivity index (χ4v) is 2.48. The molecule has 3 rings (SSSR count). The Labute approximate surface area is 160 Å². The fourth-order valence-electron chi connectivity index (χ4n) is 2.48. The first-order valence-electron chi connectivity index (χ1n) is 8.45. The van der Waals surface area contributed by atoms with E-state index in [2.05, 4.69) is 15.6 Å². The number of halogens is 2. The van der Waals surface area contributed by atoms with Gasteiger partial charge in [-0.15, -0.1) is 0 Å². The molecule has 2 N–H and O–H groups in total. The van der Waals surface area contributed by atoms with Crippen LogP contribution in [0.1, 0.15) is 32.1 Å². The van der Waals surface area contributed by atoms with Crippen LogP contribution < -0.4 is 10.6 Å². The van der Waals surface area contributed by atoms with Crippen molar-refractivity contribution in [2.24, 2.45) is 0 Å². The average Bonchev–Trinajstić information content (AvgIpc) is 2.67. The molecule has 0 atom stereocenters. The number of benzene rings is 2. The molecule has 5 nitrogen and oxygen atoms in total. The van der Waals surface area contributed by atoms with E-state index in [-0.39, 0.29) is 17.1 Å². The second-order valence-corrected chi connectivity index (χ2v) is 6.24. The summed E-state index contributed by atoms with van der Waals surface area (Å²) in [5.41, 5.74) is 2.52. The lowest BCUT2D eigenvalue weighted by Gasteiger charge is -2.09. The summed E-state index contributed by atoms with van der Waals surface area (Å²) >= 11 is 0. The van der Waals surface area contributed by atoms with Gasteiger partial charge in [-0.25, -0.2) is 13.8 Å². The van der Waals surface area contributed by atoms with Crippen molar-refractivity contribution in [3.8, 4) is 0 Å². The van der Waals surface area contributed by atoms with Crippen molar-refractivity contribution in [2.75, 3.05) is 10.6 Å². The van der Waals surface area contributed by atoms with E-state index in [9.17, 15) is 18.4 Å². The molecule has 0 aliphatic heterocycles. The number of carbonyl (C=O) groups excluding carboxylic acids is 2. The number of aryl methyl sites for hydroxylation is 2. The first-order chi connectivity index (χ1) is 13.3. The maximum atomic E-state index is 13.7. The zero-order chi connectivity index (χ0) is 20.3. The van der Waals surface area contributed by atoms with Crippen LogP contribution in [0.25, 0.3) is 0 Å². The molecule has 28 heavy (non-hydrogen) atoms. The first kappa shape index (κ1) is 19.2. The van der Waals surface area contributed by atoms with E-state index in [0.717, 1.165) is 23.3 Å². The highest BCUT2D eigenvalue weighted by Crippen LogP contribution is 2.17. The van der Waals surface area contributed by atoms with Gasteiger partial charge in [-0.2, -0.15) is 0 Å². The van der Waals surface area contributed by atoms with E-state index in [1.807, 2.05) is 26.0 Å².